The number of aromatic amines is 1. The predicted octanol–water partition coefficient (Wildman–Crippen LogP) is 1.38. The van der Waals surface area contributed by atoms with Crippen LogP contribution in [0.3, 0.4) is 0 Å². The minimum absolute atomic E-state index is 0.608. The van der Waals surface area contributed by atoms with Crippen LogP contribution in [0.1, 0.15) is 12.5 Å². The summed E-state index contributed by atoms with van der Waals surface area (Å²) in [6.45, 7) is 2.66. The van der Waals surface area contributed by atoms with E-state index < -0.39 is 0 Å². The molecule has 0 aromatic carbocycles. The van der Waals surface area contributed by atoms with Crippen molar-refractivity contribution in [3.05, 3.63) is 30.1 Å². The van der Waals surface area contributed by atoms with Gasteiger partial charge >= 0.3 is 0 Å². The molecule has 0 radical (unpaired) electrons. The number of rotatable bonds is 2. The third-order valence-electron chi connectivity index (χ3n) is 1.48. The van der Waals surface area contributed by atoms with Gasteiger partial charge in [0.25, 0.3) is 0 Å². The Kier molecular flexibility index (Phi) is 2.29. The molecule has 0 aliphatic heterocycles. The predicted molar refractivity (Wildman–Crippen MR) is 43.5 cm³/mol. The molecular weight excluding hydrogens is 124 g/mol. The van der Waals surface area contributed by atoms with Gasteiger partial charge in [-0.05, 0) is 24.1 Å². The molecule has 0 saturated carbocycles. The van der Waals surface area contributed by atoms with Crippen molar-refractivity contribution in [3.8, 4) is 0 Å². The number of H-pyrrole nitrogens is 1. The quantitative estimate of drug-likeness (QED) is 0.633. The lowest BCUT2D eigenvalue weighted by Gasteiger charge is -1.93. The lowest BCUT2D eigenvalue weighted by atomic mass is 10.1. The Morgan fingerprint density at radius 3 is 3.10 bits per heavy atom. The summed E-state index contributed by atoms with van der Waals surface area (Å²) in [5, 5.41) is 0. The molecule has 0 spiro atoms. The molecule has 0 aliphatic carbocycles. The number of hydrogen-bond donors (Lipinski definition) is 2. The molecule has 2 nitrogen and oxygen atoms in total. The second-order valence-corrected chi connectivity index (χ2v) is 2.22. The Morgan fingerprint density at radius 2 is 2.60 bits per heavy atom. The Balaban J connectivity index is 2.77. The summed E-state index contributed by atoms with van der Waals surface area (Å²) < 4.78 is 0. The smallest absolute Gasteiger partial charge is 0.0112 e. The van der Waals surface area contributed by atoms with Gasteiger partial charge in [-0.3, -0.25) is 0 Å². The van der Waals surface area contributed by atoms with Gasteiger partial charge in [-0.15, -0.1) is 0 Å². The van der Waals surface area contributed by atoms with Gasteiger partial charge in [0.2, 0.25) is 0 Å². The highest BCUT2D eigenvalue weighted by Crippen LogP contribution is 2.10. The highest BCUT2D eigenvalue weighted by atomic mass is 14.6. The fraction of sp³-hybridized carbons (Fsp3) is 0.250. The lowest BCUT2D eigenvalue weighted by Crippen LogP contribution is -1.93. The van der Waals surface area contributed by atoms with E-state index in [4.69, 9.17) is 5.73 Å². The molecule has 1 aromatic heterocycles. The minimum Gasteiger partial charge on any atom is -0.367 e. The van der Waals surface area contributed by atoms with E-state index in [0.717, 1.165) is 0 Å². The molecule has 0 amide bonds. The number of aromatic nitrogens is 1. The van der Waals surface area contributed by atoms with Crippen LogP contribution in [-0.4, -0.2) is 11.5 Å². The summed E-state index contributed by atoms with van der Waals surface area (Å²) in [5.41, 5.74) is 7.79. The van der Waals surface area contributed by atoms with Crippen LogP contribution in [0.25, 0.3) is 5.57 Å². The van der Waals surface area contributed by atoms with Crippen molar-refractivity contribution in [1.29, 1.82) is 0 Å². The van der Waals surface area contributed by atoms with Gasteiger partial charge in [0.05, 0.1) is 0 Å². The van der Waals surface area contributed by atoms with E-state index in [1.54, 1.807) is 0 Å². The average molecular weight is 136 g/mol. The molecule has 3 N–H and O–H groups in total. The highest BCUT2D eigenvalue weighted by molar-refractivity contribution is 5.62. The molecule has 0 fully saturated rings. The summed E-state index contributed by atoms with van der Waals surface area (Å²) >= 11 is 0. The van der Waals surface area contributed by atoms with Crippen molar-refractivity contribution in [1.82, 2.24) is 4.98 Å². The first kappa shape index (κ1) is 7.09. The molecule has 0 bridgehead atoms. The molecular formula is C8H12N2. The summed E-state index contributed by atoms with van der Waals surface area (Å²) in [7, 11) is 0. The van der Waals surface area contributed by atoms with Crippen molar-refractivity contribution in [3.63, 3.8) is 0 Å². The largest absolute Gasteiger partial charge is 0.367 e. The lowest BCUT2D eigenvalue weighted by molar-refractivity contribution is 1.25. The molecule has 0 aliphatic rings. The second kappa shape index (κ2) is 3.22. The van der Waals surface area contributed by atoms with E-state index in [1.165, 1.54) is 11.1 Å². The molecule has 1 heterocycles. The van der Waals surface area contributed by atoms with E-state index in [1.807, 2.05) is 24.5 Å². The van der Waals surface area contributed by atoms with E-state index in [2.05, 4.69) is 11.9 Å². The van der Waals surface area contributed by atoms with Gasteiger partial charge in [-0.1, -0.05) is 6.08 Å². The molecule has 1 aromatic rings. The van der Waals surface area contributed by atoms with E-state index in [9.17, 15) is 0 Å². The molecule has 54 valence electrons. The van der Waals surface area contributed by atoms with Crippen molar-refractivity contribution in [2.75, 3.05) is 6.54 Å². The van der Waals surface area contributed by atoms with Gasteiger partial charge in [0.15, 0.2) is 0 Å². The van der Waals surface area contributed by atoms with Crippen LogP contribution < -0.4 is 5.73 Å². The number of allylic oxidation sites excluding steroid dienone is 1. The van der Waals surface area contributed by atoms with Crippen LogP contribution in [0.5, 0.6) is 0 Å². The van der Waals surface area contributed by atoms with Gasteiger partial charge < -0.3 is 10.7 Å². The SMILES string of the molecule is C/C(=C/CN)c1cc[nH]c1. The zero-order valence-electron chi connectivity index (χ0n) is 6.09. The summed E-state index contributed by atoms with van der Waals surface area (Å²) in [6, 6.07) is 2.03. The molecule has 0 saturated heterocycles. The van der Waals surface area contributed by atoms with Crippen LogP contribution in [0.2, 0.25) is 0 Å². The summed E-state index contributed by atoms with van der Waals surface area (Å²) in [5.74, 6) is 0. The van der Waals surface area contributed by atoms with Gasteiger partial charge in [-0.25, -0.2) is 0 Å². The maximum Gasteiger partial charge on any atom is 0.0112 e. The van der Waals surface area contributed by atoms with Crippen molar-refractivity contribution < 1.29 is 0 Å². The summed E-state index contributed by atoms with van der Waals surface area (Å²) in [6.07, 6.45) is 5.87. The van der Waals surface area contributed by atoms with Crippen molar-refractivity contribution in [2.45, 2.75) is 6.92 Å². The van der Waals surface area contributed by atoms with Gasteiger partial charge in [0, 0.05) is 18.9 Å². The van der Waals surface area contributed by atoms with Crippen molar-refractivity contribution in [2.24, 2.45) is 5.73 Å². The Labute approximate surface area is 60.8 Å². The Hall–Kier alpha value is -1.02. The third-order valence-corrected chi connectivity index (χ3v) is 1.48. The van der Waals surface area contributed by atoms with E-state index in [-0.39, 0.29) is 0 Å². The third kappa shape index (κ3) is 1.48. The maximum atomic E-state index is 5.35. The molecule has 2 heteroatoms. The van der Waals surface area contributed by atoms with Crippen LogP contribution in [0.15, 0.2) is 24.5 Å². The van der Waals surface area contributed by atoms with E-state index >= 15 is 0 Å². The molecule has 1 rings (SSSR count). The first-order valence-electron chi connectivity index (χ1n) is 3.34. The topological polar surface area (TPSA) is 41.8 Å². The van der Waals surface area contributed by atoms with Crippen LogP contribution in [0, 0.1) is 0 Å². The minimum atomic E-state index is 0.608. The molecule has 10 heavy (non-hydrogen) atoms. The van der Waals surface area contributed by atoms with Crippen LogP contribution >= 0.6 is 0 Å². The Bertz CT molecular complexity index is 209. The standard InChI is InChI=1S/C8H12N2/c1-7(2-4-9)8-3-5-10-6-8/h2-3,5-6,10H,4,9H2,1H3/b7-2-. The van der Waals surface area contributed by atoms with Gasteiger partial charge in [-0.2, -0.15) is 0 Å². The first-order valence-corrected chi connectivity index (χ1v) is 3.34. The summed E-state index contributed by atoms with van der Waals surface area (Å²) in [4.78, 5) is 2.99. The fourth-order valence-electron chi connectivity index (χ4n) is 0.864. The fourth-order valence-corrected chi connectivity index (χ4v) is 0.864. The normalized spacial score (nSPS) is 12.0. The number of nitrogens with one attached hydrogen (secondary N) is 1. The zero-order valence-corrected chi connectivity index (χ0v) is 6.09. The van der Waals surface area contributed by atoms with Crippen LogP contribution in [-0.2, 0) is 0 Å². The first-order chi connectivity index (χ1) is 4.84. The average Bonchev–Trinajstić information content (AvgIpc) is 2.38. The highest BCUT2D eigenvalue weighted by Gasteiger charge is 1.91. The monoisotopic (exact) mass is 136 g/mol. The van der Waals surface area contributed by atoms with E-state index in [0.29, 0.717) is 6.54 Å². The maximum absolute atomic E-state index is 5.35. The zero-order chi connectivity index (χ0) is 7.40. The number of nitrogens with two attached hydrogens (primary N) is 1. The van der Waals surface area contributed by atoms with Gasteiger partial charge in [0.1, 0.15) is 0 Å². The molecule has 0 unspecified atom stereocenters. The molecule has 0 atom stereocenters. The number of hydrogen-bond acceptors (Lipinski definition) is 1. The second-order valence-electron chi connectivity index (χ2n) is 2.22. The van der Waals surface area contributed by atoms with Crippen molar-refractivity contribution >= 4 is 5.57 Å². The van der Waals surface area contributed by atoms with Crippen LogP contribution in [0.4, 0.5) is 0 Å². The Morgan fingerprint density at radius 1 is 1.80 bits per heavy atom.